The van der Waals surface area contributed by atoms with Crippen LogP contribution >= 0.6 is 0 Å². The van der Waals surface area contributed by atoms with Crippen LogP contribution in [0.4, 0.5) is 17.1 Å². The van der Waals surface area contributed by atoms with Gasteiger partial charge in [-0.15, -0.1) is 0 Å². The number of anilines is 3. The topological polar surface area (TPSA) is 76.4 Å². The minimum atomic E-state index is 0.0193. The molecule has 17 heavy (non-hydrogen) atoms. The summed E-state index contributed by atoms with van der Waals surface area (Å²) in [5, 5.41) is 5.99. The molecular formula is C12H17N3O2. The van der Waals surface area contributed by atoms with E-state index in [1.165, 1.54) is 0 Å². The van der Waals surface area contributed by atoms with Gasteiger partial charge in [0.2, 0.25) is 5.91 Å². The van der Waals surface area contributed by atoms with Crippen LogP contribution in [0.3, 0.4) is 0 Å². The smallest absolute Gasteiger partial charge is 0.228 e. The van der Waals surface area contributed by atoms with Crippen molar-refractivity contribution >= 4 is 23.0 Å². The third kappa shape index (κ3) is 2.68. The summed E-state index contributed by atoms with van der Waals surface area (Å²) in [5.41, 5.74) is 9.22. The van der Waals surface area contributed by atoms with E-state index in [0.717, 1.165) is 16.9 Å². The lowest BCUT2D eigenvalue weighted by atomic mass is 10.1. The van der Waals surface area contributed by atoms with E-state index in [1.54, 1.807) is 0 Å². The van der Waals surface area contributed by atoms with E-state index in [4.69, 9.17) is 10.5 Å². The van der Waals surface area contributed by atoms with Crippen molar-refractivity contribution < 1.29 is 9.53 Å². The molecule has 0 fully saturated rings. The Labute approximate surface area is 100 Å². The number of hydrogen-bond acceptors (Lipinski definition) is 4. The molecule has 0 atom stereocenters. The number of rotatable bonds is 5. The van der Waals surface area contributed by atoms with Crippen LogP contribution in [-0.4, -0.2) is 25.7 Å². The Hall–Kier alpha value is -1.75. The molecule has 0 aliphatic carbocycles. The molecule has 0 aromatic heterocycles. The molecule has 1 aliphatic rings. The molecule has 1 aromatic carbocycles. The fourth-order valence-electron chi connectivity index (χ4n) is 1.85. The highest BCUT2D eigenvalue weighted by molar-refractivity contribution is 6.00. The quantitative estimate of drug-likeness (QED) is 0.529. The molecule has 1 aromatic rings. The standard InChI is InChI=1S/C12H17N3O2/c1-2-17-4-3-14-11-7-10-8(5-9(11)13)6-12(16)15-10/h5,7,14H,2-4,6,13H2,1H3,(H,15,16). The summed E-state index contributed by atoms with van der Waals surface area (Å²) >= 11 is 0. The van der Waals surface area contributed by atoms with Crippen molar-refractivity contribution in [3.8, 4) is 0 Å². The molecule has 5 nitrogen and oxygen atoms in total. The number of nitrogens with two attached hydrogens (primary N) is 1. The maximum atomic E-state index is 11.2. The van der Waals surface area contributed by atoms with Gasteiger partial charge in [0.15, 0.2) is 0 Å². The Morgan fingerprint density at radius 2 is 2.35 bits per heavy atom. The Balaban J connectivity index is 2.03. The van der Waals surface area contributed by atoms with Gasteiger partial charge < -0.3 is 21.1 Å². The van der Waals surface area contributed by atoms with E-state index in [9.17, 15) is 4.79 Å². The molecule has 0 spiro atoms. The molecule has 4 N–H and O–H groups in total. The fourth-order valence-corrected chi connectivity index (χ4v) is 1.85. The van der Waals surface area contributed by atoms with Gasteiger partial charge in [-0.2, -0.15) is 0 Å². The van der Waals surface area contributed by atoms with Crippen molar-refractivity contribution in [2.45, 2.75) is 13.3 Å². The largest absolute Gasteiger partial charge is 0.397 e. The molecule has 1 amide bonds. The Morgan fingerprint density at radius 3 is 3.12 bits per heavy atom. The van der Waals surface area contributed by atoms with Crippen LogP contribution in [0.25, 0.3) is 0 Å². The minimum absolute atomic E-state index is 0.0193. The van der Waals surface area contributed by atoms with E-state index in [0.29, 0.717) is 31.9 Å². The van der Waals surface area contributed by atoms with Crippen LogP contribution in [-0.2, 0) is 16.0 Å². The predicted molar refractivity (Wildman–Crippen MR) is 68.2 cm³/mol. The average Bonchev–Trinajstić information content (AvgIpc) is 2.63. The second-order valence-corrected chi connectivity index (χ2v) is 3.95. The number of carbonyl (C=O) groups is 1. The highest BCUT2D eigenvalue weighted by atomic mass is 16.5. The lowest BCUT2D eigenvalue weighted by molar-refractivity contribution is -0.115. The summed E-state index contributed by atoms with van der Waals surface area (Å²) in [6, 6.07) is 3.72. The molecule has 5 heteroatoms. The number of carbonyl (C=O) groups excluding carboxylic acids is 1. The summed E-state index contributed by atoms with van der Waals surface area (Å²) in [6.07, 6.45) is 0.415. The summed E-state index contributed by atoms with van der Waals surface area (Å²) in [6.45, 7) is 4.00. The summed E-state index contributed by atoms with van der Waals surface area (Å²) in [4.78, 5) is 11.2. The first-order valence-electron chi connectivity index (χ1n) is 5.74. The molecule has 1 aliphatic heterocycles. The van der Waals surface area contributed by atoms with Crippen LogP contribution in [0, 0.1) is 0 Å². The van der Waals surface area contributed by atoms with Crippen LogP contribution in [0.2, 0.25) is 0 Å². The SMILES string of the molecule is CCOCCNc1cc2c(cc1N)CC(=O)N2. The van der Waals surface area contributed by atoms with E-state index in [2.05, 4.69) is 10.6 Å². The predicted octanol–water partition coefficient (Wildman–Crippen LogP) is 1.21. The number of benzene rings is 1. The second kappa shape index (κ2) is 5.05. The van der Waals surface area contributed by atoms with E-state index >= 15 is 0 Å². The molecule has 1 heterocycles. The normalized spacial score (nSPS) is 13.4. The third-order valence-corrected chi connectivity index (χ3v) is 2.67. The summed E-state index contributed by atoms with van der Waals surface area (Å²) in [7, 11) is 0. The molecule has 2 rings (SSSR count). The first-order valence-corrected chi connectivity index (χ1v) is 5.74. The fraction of sp³-hybridized carbons (Fsp3) is 0.417. The van der Waals surface area contributed by atoms with Gasteiger partial charge in [0.05, 0.1) is 24.4 Å². The molecule has 0 unspecified atom stereocenters. The summed E-state index contributed by atoms with van der Waals surface area (Å²) < 4.78 is 5.23. The van der Waals surface area contributed by atoms with Crippen molar-refractivity contribution in [2.24, 2.45) is 0 Å². The lowest BCUT2D eigenvalue weighted by Crippen LogP contribution is -2.10. The van der Waals surface area contributed by atoms with Gasteiger partial charge in [-0.05, 0) is 24.6 Å². The number of hydrogen-bond donors (Lipinski definition) is 3. The van der Waals surface area contributed by atoms with Crippen LogP contribution in [0.1, 0.15) is 12.5 Å². The number of nitrogen functional groups attached to an aromatic ring is 1. The first-order chi connectivity index (χ1) is 8.20. The number of nitrogens with one attached hydrogen (secondary N) is 2. The van der Waals surface area contributed by atoms with Crippen molar-refractivity contribution in [1.29, 1.82) is 0 Å². The zero-order chi connectivity index (χ0) is 12.3. The zero-order valence-electron chi connectivity index (χ0n) is 9.88. The molecule has 0 radical (unpaired) electrons. The minimum Gasteiger partial charge on any atom is -0.397 e. The van der Waals surface area contributed by atoms with E-state index in [1.807, 2.05) is 19.1 Å². The number of fused-ring (bicyclic) bond motifs is 1. The highest BCUT2D eigenvalue weighted by Crippen LogP contribution is 2.31. The van der Waals surface area contributed by atoms with Gasteiger partial charge in [-0.3, -0.25) is 4.79 Å². The molecule has 0 saturated heterocycles. The summed E-state index contributed by atoms with van der Waals surface area (Å²) in [5.74, 6) is 0.0193. The second-order valence-electron chi connectivity index (χ2n) is 3.95. The van der Waals surface area contributed by atoms with Gasteiger partial charge in [0, 0.05) is 18.8 Å². The number of ether oxygens (including phenoxy) is 1. The van der Waals surface area contributed by atoms with Crippen molar-refractivity contribution in [3.63, 3.8) is 0 Å². The van der Waals surface area contributed by atoms with Crippen molar-refractivity contribution in [1.82, 2.24) is 0 Å². The average molecular weight is 235 g/mol. The van der Waals surface area contributed by atoms with Gasteiger partial charge >= 0.3 is 0 Å². The Morgan fingerprint density at radius 1 is 1.53 bits per heavy atom. The lowest BCUT2D eigenvalue weighted by Gasteiger charge is -2.11. The highest BCUT2D eigenvalue weighted by Gasteiger charge is 2.18. The monoisotopic (exact) mass is 235 g/mol. The molecule has 0 saturated carbocycles. The molecule has 92 valence electrons. The van der Waals surface area contributed by atoms with Gasteiger partial charge in [0.1, 0.15) is 0 Å². The number of amides is 1. The van der Waals surface area contributed by atoms with Crippen LogP contribution in [0.5, 0.6) is 0 Å². The zero-order valence-corrected chi connectivity index (χ0v) is 9.88. The molecular weight excluding hydrogens is 218 g/mol. The first kappa shape index (κ1) is 11.7. The molecule has 0 bridgehead atoms. The Kier molecular flexibility index (Phi) is 3.49. The van der Waals surface area contributed by atoms with Crippen molar-refractivity contribution in [2.75, 3.05) is 36.1 Å². The maximum absolute atomic E-state index is 11.2. The Bertz CT molecular complexity index is 432. The van der Waals surface area contributed by atoms with E-state index in [-0.39, 0.29) is 5.91 Å². The van der Waals surface area contributed by atoms with E-state index < -0.39 is 0 Å². The van der Waals surface area contributed by atoms with Crippen LogP contribution < -0.4 is 16.4 Å². The van der Waals surface area contributed by atoms with Crippen molar-refractivity contribution in [3.05, 3.63) is 17.7 Å². The van der Waals surface area contributed by atoms with Gasteiger partial charge in [0.25, 0.3) is 0 Å². The third-order valence-electron chi connectivity index (χ3n) is 2.67. The van der Waals surface area contributed by atoms with Gasteiger partial charge in [-0.25, -0.2) is 0 Å². The van der Waals surface area contributed by atoms with Gasteiger partial charge in [-0.1, -0.05) is 0 Å². The van der Waals surface area contributed by atoms with Crippen LogP contribution in [0.15, 0.2) is 12.1 Å². The maximum Gasteiger partial charge on any atom is 0.228 e.